The second-order valence-corrected chi connectivity index (χ2v) is 4.40. The topological polar surface area (TPSA) is 49.5 Å². The Morgan fingerprint density at radius 1 is 1.47 bits per heavy atom. The molecule has 2 rings (SSSR count). The van der Waals surface area contributed by atoms with Crippen molar-refractivity contribution >= 4 is 17.3 Å². The summed E-state index contributed by atoms with van der Waals surface area (Å²) in [4.78, 5) is 11.6. The molecule has 0 fully saturated rings. The number of methoxy groups -OCH3 is 1. The molecule has 1 aromatic rings. The maximum absolute atomic E-state index is 11.6. The third-order valence-electron chi connectivity index (χ3n) is 3.32. The summed E-state index contributed by atoms with van der Waals surface area (Å²) < 4.78 is 6.68. The number of aliphatic hydroxyl groups is 1. The number of rotatable bonds is 1. The SMILES string of the molecule is COc1ccc2c(c1)C(C)(O)C(C)=[N+]2C(C)=O. The average Bonchev–Trinajstić information content (AvgIpc) is 2.47. The summed E-state index contributed by atoms with van der Waals surface area (Å²) >= 11 is 0. The molecule has 1 heterocycles. The van der Waals surface area contributed by atoms with E-state index in [9.17, 15) is 9.90 Å². The minimum atomic E-state index is -1.13. The Morgan fingerprint density at radius 3 is 2.65 bits per heavy atom. The summed E-state index contributed by atoms with van der Waals surface area (Å²) in [6.07, 6.45) is 0. The van der Waals surface area contributed by atoms with Gasteiger partial charge in [-0.25, -0.2) is 4.79 Å². The first-order chi connectivity index (χ1) is 7.89. The lowest BCUT2D eigenvalue weighted by Gasteiger charge is -2.14. The van der Waals surface area contributed by atoms with Crippen LogP contribution in [0.2, 0.25) is 0 Å². The number of benzene rings is 1. The molecular weight excluding hydrogens is 218 g/mol. The van der Waals surface area contributed by atoms with Crippen molar-refractivity contribution in [2.45, 2.75) is 26.4 Å². The van der Waals surface area contributed by atoms with Crippen molar-refractivity contribution in [3.8, 4) is 5.75 Å². The molecule has 0 spiro atoms. The molecule has 0 aromatic heterocycles. The molecule has 0 saturated heterocycles. The standard InChI is InChI=1S/C13H16NO3/c1-8-13(3,16)11-7-10(17-4)5-6-12(11)14(8)9(2)15/h5-7,16H,1-4H3/q+1. The summed E-state index contributed by atoms with van der Waals surface area (Å²) in [7, 11) is 1.57. The number of ether oxygens (including phenoxy) is 1. The van der Waals surface area contributed by atoms with Gasteiger partial charge in [-0.1, -0.05) is 0 Å². The van der Waals surface area contributed by atoms with Gasteiger partial charge < -0.3 is 9.84 Å². The lowest BCUT2D eigenvalue weighted by atomic mass is 9.93. The molecule has 0 saturated carbocycles. The van der Waals surface area contributed by atoms with Crippen LogP contribution in [0, 0.1) is 0 Å². The van der Waals surface area contributed by atoms with Gasteiger partial charge in [-0.3, -0.25) is 0 Å². The van der Waals surface area contributed by atoms with Crippen molar-refractivity contribution < 1.29 is 19.2 Å². The van der Waals surface area contributed by atoms with E-state index in [0.717, 1.165) is 5.69 Å². The predicted octanol–water partition coefficient (Wildman–Crippen LogP) is 1.57. The van der Waals surface area contributed by atoms with Gasteiger partial charge in [0.2, 0.25) is 11.4 Å². The smallest absolute Gasteiger partial charge is 0.389 e. The summed E-state index contributed by atoms with van der Waals surface area (Å²) in [6, 6.07) is 5.34. The highest BCUT2D eigenvalue weighted by Crippen LogP contribution is 2.39. The summed E-state index contributed by atoms with van der Waals surface area (Å²) in [6.45, 7) is 4.93. The van der Waals surface area contributed by atoms with Gasteiger partial charge in [0.05, 0.1) is 19.6 Å². The number of amides is 1. The first-order valence-electron chi connectivity index (χ1n) is 5.45. The molecule has 4 nitrogen and oxygen atoms in total. The van der Waals surface area contributed by atoms with E-state index < -0.39 is 5.60 Å². The van der Waals surface area contributed by atoms with E-state index in [1.165, 1.54) is 11.5 Å². The molecule has 0 aliphatic carbocycles. The van der Waals surface area contributed by atoms with Crippen molar-refractivity contribution in [1.82, 2.24) is 0 Å². The zero-order chi connectivity index (χ0) is 12.8. The van der Waals surface area contributed by atoms with E-state index in [-0.39, 0.29) is 5.91 Å². The minimum Gasteiger partial charge on any atom is -0.497 e. The van der Waals surface area contributed by atoms with E-state index in [2.05, 4.69) is 0 Å². The molecule has 4 heteroatoms. The van der Waals surface area contributed by atoms with Gasteiger partial charge in [-0.05, 0) is 19.1 Å². The highest BCUT2D eigenvalue weighted by Gasteiger charge is 2.47. The largest absolute Gasteiger partial charge is 0.497 e. The fourth-order valence-corrected chi connectivity index (χ4v) is 2.23. The number of hydrogen-bond acceptors (Lipinski definition) is 3. The van der Waals surface area contributed by atoms with E-state index in [1.54, 1.807) is 39.2 Å². The molecule has 1 aliphatic rings. The number of hydrogen-bond donors (Lipinski definition) is 1. The van der Waals surface area contributed by atoms with Crippen LogP contribution in [0.15, 0.2) is 18.2 Å². The molecular formula is C13H16NO3+. The van der Waals surface area contributed by atoms with E-state index in [4.69, 9.17) is 4.74 Å². The Hall–Kier alpha value is -1.68. The van der Waals surface area contributed by atoms with Crippen LogP contribution in [0.3, 0.4) is 0 Å². The maximum atomic E-state index is 11.6. The second-order valence-electron chi connectivity index (χ2n) is 4.40. The van der Waals surface area contributed by atoms with Crippen LogP contribution in [0.1, 0.15) is 26.3 Å². The zero-order valence-corrected chi connectivity index (χ0v) is 10.4. The normalized spacial score (nSPS) is 22.6. The zero-order valence-electron chi connectivity index (χ0n) is 10.4. The third kappa shape index (κ3) is 1.56. The highest BCUT2D eigenvalue weighted by atomic mass is 16.5. The molecule has 1 N–H and O–H groups in total. The van der Waals surface area contributed by atoms with Crippen molar-refractivity contribution in [3.63, 3.8) is 0 Å². The second kappa shape index (κ2) is 3.67. The van der Waals surface area contributed by atoms with Gasteiger partial charge in [-0.15, -0.1) is 4.58 Å². The molecule has 1 unspecified atom stereocenters. The summed E-state index contributed by atoms with van der Waals surface area (Å²) in [5, 5.41) is 10.5. The quantitative estimate of drug-likeness (QED) is 0.750. The number of carbonyl (C=O) groups excluding carboxylic acids is 1. The summed E-state index contributed by atoms with van der Waals surface area (Å²) in [5.74, 6) is 0.564. The van der Waals surface area contributed by atoms with E-state index in [1.807, 2.05) is 0 Å². The van der Waals surface area contributed by atoms with Gasteiger partial charge in [0.25, 0.3) is 0 Å². The Bertz CT molecular complexity index is 529. The molecule has 1 aromatic carbocycles. The third-order valence-corrected chi connectivity index (χ3v) is 3.32. The number of carbonyl (C=O) groups is 1. The molecule has 0 radical (unpaired) electrons. The molecule has 90 valence electrons. The van der Waals surface area contributed by atoms with Gasteiger partial charge in [0.1, 0.15) is 5.75 Å². The summed E-state index contributed by atoms with van der Waals surface area (Å²) in [5.41, 5.74) is 0.911. The van der Waals surface area contributed by atoms with Gasteiger partial charge >= 0.3 is 5.91 Å². The molecule has 17 heavy (non-hydrogen) atoms. The first kappa shape index (κ1) is 11.8. The van der Waals surface area contributed by atoms with Crippen LogP contribution in [-0.4, -0.2) is 28.4 Å². The van der Waals surface area contributed by atoms with E-state index >= 15 is 0 Å². The number of fused-ring (bicyclic) bond motifs is 1. The Morgan fingerprint density at radius 2 is 2.12 bits per heavy atom. The van der Waals surface area contributed by atoms with Gasteiger partial charge in [0, 0.05) is 13.0 Å². The maximum Gasteiger partial charge on any atom is 0.389 e. The van der Waals surface area contributed by atoms with Gasteiger partial charge in [0.15, 0.2) is 5.60 Å². The van der Waals surface area contributed by atoms with Crippen molar-refractivity contribution in [1.29, 1.82) is 0 Å². The van der Waals surface area contributed by atoms with Crippen LogP contribution in [-0.2, 0) is 10.4 Å². The molecule has 1 amide bonds. The van der Waals surface area contributed by atoms with Crippen molar-refractivity contribution in [2.75, 3.05) is 7.11 Å². The van der Waals surface area contributed by atoms with Crippen LogP contribution in [0.4, 0.5) is 5.69 Å². The Labute approximate surface area is 100 Å². The van der Waals surface area contributed by atoms with Crippen LogP contribution in [0.25, 0.3) is 0 Å². The predicted molar refractivity (Wildman–Crippen MR) is 63.8 cm³/mol. The monoisotopic (exact) mass is 234 g/mol. The Kier molecular flexibility index (Phi) is 2.54. The van der Waals surface area contributed by atoms with Crippen molar-refractivity contribution in [2.24, 2.45) is 0 Å². The highest BCUT2D eigenvalue weighted by molar-refractivity contribution is 5.96. The van der Waals surface area contributed by atoms with Crippen LogP contribution < -0.4 is 4.74 Å². The molecule has 1 aliphatic heterocycles. The molecule has 1 atom stereocenters. The van der Waals surface area contributed by atoms with Crippen molar-refractivity contribution in [3.05, 3.63) is 23.8 Å². The molecule has 0 bridgehead atoms. The van der Waals surface area contributed by atoms with E-state index in [0.29, 0.717) is 17.0 Å². The first-order valence-corrected chi connectivity index (χ1v) is 5.45. The van der Waals surface area contributed by atoms with Gasteiger partial charge in [-0.2, -0.15) is 0 Å². The fraction of sp³-hybridized carbons (Fsp3) is 0.385. The number of nitrogens with zero attached hydrogens (tertiary/aromatic N) is 1. The minimum absolute atomic E-state index is 0.105. The van der Waals surface area contributed by atoms with Crippen LogP contribution in [0.5, 0.6) is 5.75 Å². The lowest BCUT2D eigenvalue weighted by molar-refractivity contribution is -0.364. The Balaban J connectivity index is 2.70. The lowest BCUT2D eigenvalue weighted by Crippen LogP contribution is -2.30. The fourth-order valence-electron chi connectivity index (χ4n) is 2.23. The average molecular weight is 234 g/mol. The van der Waals surface area contributed by atoms with Crippen LogP contribution >= 0.6 is 0 Å².